The molecule has 0 radical (unpaired) electrons. The fourth-order valence-corrected chi connectivity index (χ4v) is 8.42. The SMILES string of the molecule is C=C(c1cccs1)C1NC(=O)COc2ccc(cc2)CC(C(=O)NC(Cc2ccccc2)C(=O)O)NC(=O)C(CCc2ccccc2)NC(=O)C(Cc2ccc(-c3ccccc3)cc2)NC1=O. The van der Waals surface area contributed by atoms with Gasteiger partial charge in [0.2, 0.25) is 23.6 Å². The fourth-order valence-electron chi connectivity index (χ4n) is 7.69. The van der Waals surface area contributed by atoms with Crippen molar-refractivity contribution in [1.82, 2.24) is 26.6 Å². The van der Waals surface area contributed by atoms with Gasteiger partial charge >= 0.3 is 5.97 Å². The first-order valence-corrected chi connectivity index (χ1v) is 22.8. The van der Waals surface area contributed by atoms with Gasteiger partial charge in [0.1, 0.15) is 36.0 Å². The zero-order chi connectivity index (χ0) is 47.1. The molecule has 5 unspecified atom stereocenters. The van der Waals surface area contributed by atoms with E-state index in [2.05, 4.69) is 33.2 Å². The summed E-state index contributed by atoms with van der Waals surface area (Å²) in [6, 6.07) is 39.1. The highest BCUT2D eigenvalue weighted by molar-refractivity contribution is 7.11. The molecule has 2 bridgehead atoms. The van der Waals surface area contributed by atoms with E-state index in [0.717, 1.165) is 16.7 Å². The third-order valence-corrected chi connectivity index (χ3v) is 12.3. The fraction of sp³-hybridized carbons (Fsp3) is 0.208. The van der Waals surface area contributed by atoms with Crippen molar-refractivity contribution in [2.45, 2.75) is 62.3 Å². The minimum atomic E-state index is -1.33. The highest BCUT2D eigenvalue weighted by Gasteiger charge is 2.34. The first-order chi connectivity index (χ1) is 32.5. The van der Waals surface area contributed by atoms with Crippen molar-refractivity contribution in [2.24, 2.45) is 0 Å². The lowest BCUT2D eigenvalue weighted by molar-refractivity contribution is -0.142. The number of thiophene rings is 1. The molecule has 0 saturated heterocycles. The molecule has 5 aromatic carbocycles. The molecular formula is C53H51N5O8S. The summed E-state index contributed by atoms with van der Waals surface area (Å²) >= 11 is 1.33. The first-order valence-electron chi connectivity index (χ1n) is 21.9. The lowest BCUT2D eigenvalue weighted by atomic mass is 9.98. The molecule has 5 atom stereocenters. The van der Waals surface area contributed by atoms with Crippen LogP contribution in [0.5, 0.6) is 5.75 Å². The number of carbonyl (C=O) groups is 6. The number of fused-ring (bicyclic) bond motifs is 16. The molecule has 13 nitrogen and oxygen atoms in total. The van der Waals surface area contributed by atoms with Crippen LogP contribution in [0.25, 0.3) is 16.7 Å². The molecule has 0 fully saturated rings. The number of carbonyl (C=O) groups excluding carboxylic acids is 5. The van der Waals surface area contributed by atoms with Crippen LogP contribution < -0.4 is 31.3 Å². The van der Waals surface area contributed by atoms with Gasteiger partial charge in [-0.2, -0.15) is 0 Å². The van der Waals surface area contributed by atoms with Crippen LogP contribution >= 0.6 is 11.3 Å². The molecule has 2 aliphatic rings. The first kappa shape index (κ1) is 47.1. The smallest absolute Gasteiger partial charge is 0.326 e. The van der Waals surface area contributed by atoms with Gasteiger partial charge in [0, 0.05) is 24.1 Å². The number of benzene rings is 5. The Morgan fingerprint density at radius 3 is 1.93 bits per heavy atom. The summed E-state index contributed by atoms with van der Waals surface area (Å²) in [7, 11) is 0. The van der Waals surface area contributed by atoms with E-state index >= 15 is 0 Å². The molecular weight excluding hydrogens is 867 g/mol. The number of aryl methyl sites for hydroxylation is 1. The van der Waals surface area contributed by atoms with Crippen molar-refractivity contribution in [3.8, 4) is 16.9 Å². The van der Waals surface area contributed by atoms with Crippen LogP contribution in [0.2, 0.25) is 0 Å². The Hall–Kier alpha value is -7.84. The Kier molecular flexibility index (Phi) is 16.1. The molecule has 1 aromatic heterocycles. The van der Waals surface area contributed by atoms with E-state index in [0.29, 0.717) is 39.3 Å². The summed E-state index contributed by atoms with van der Waals surface area (Å²) in [5, 5.41) is 25.9. The highest BCUT2D eigenvalue weighted by atomic mass is 32.1. The molecule has 3 heterocycles. The number of carboxylic acids is 1. The number of ether oxygens (including phenoxy) is 1. The predicted octanol–water partition coefficient (Wildman–Crippen LogP) is 5.69. The minimum absolute atomic E-state index is 0.00801. The van der Waals surface area contributed by atoms with E-state index in [-0.39, 0.29) is 25.7 Å². The molecule has 6 aromatic rings. The molecule has 67 heavy (non-hydrogen) atoms. The normalized spacial score (nSPS) is 18.6. The lowest BCUT2D eigenvalue weighted by Gasteiger charge is -2.27. The van der Waals surface area contributed by atoms with E-state index in [1.165, 1.54) is 11.3 Å². The quantitative estimate of drug-likeness (QED) is 0.0797. The van der Waals surface area contributed by atoms with Crippen LogP contribution in [0.1, 0.15) is 33.6 Å². The maximum Gasteiger partial charge on any atom is 0.326 e. The summed E-state index contributed by atoms with van der Waals surface area (Å²) in [4.78, 5) is 84.7. The number of amides is 5. The topological polar surface area (TPSA) is 192 Å². The number of hydrogen-bond donors (Lipinski definition) is 6. The summed E-state index contributed by atoms with van der Waals surface area (Å²) in [6.45, 7) is 3.69. The van der Waals surface area contributed by atoms with Gasteiger partial charge in [-0.25, -0.2) is 4.79 Å². The van der Waals surface area contributed by atoms with Gasteiger partial charge in [-0.3, -0.25) is 24.0 Å². The lowest BCUT2D eigenvalue weighted by Crippen LogP contribution is -2.59. The van der Waals surface area contributed by atoms with Gasteiger partial charge < -0.3 is 36.4 Å². The number of aliphatic carboxylic acids is 1. The van der Waals surface area contributed by atoms with Crippen LogP contribution in [-0.4, -0.2) is 77.4 Å². The second kappa shape index (κ2) is 22.9. The Morgan fingerprint density at radius 2 is 1.28 bits per heavy atom. The standard InChI is InChI=1S/C53H51N5O8S/c1-34(46-18-11-29-67-46)48-52(63)56-44(30-37-19-24-40(25-20-37)39-16-9-4-10-17-39)50(61)54-42(28-23-35-12-5-2-6-13-35)49(60)55-43(31-38-21-26-41(27-22-38)66-33-47(59)58-48)51(62)57-45(53(64)65)32-36-14-7-3-8-15-36/h2-22,24-27,29,42-45,48H,1,23,28,30-33H2,(H,54,61)(H,55,60)(H,56,63)(H,57,62)(H,58,59)(H,64,65). The average Bonchev–Trinajstić information content (AvgIpc) is 3.90. The minimum Gasteiger partial charge on any atom is -0.484 e. The van der Waals surface area contributed by atoms with E-state index in [4.69, 9.17) is 4.74 Å². The predicted molar refractivity (Wildman–Crippen MR) is 257 cm³/mol. The van der Waals surface area contributed by atoms with Crippen LogP contribution in [0, 0.1) is 0 Å². The summed E-state index contributed by atoms with van der Waals surface area (Å²) in [6.07, 6.45) is 0.351. The maximum atomic E-state index is 14.7. The number of nitrogens with one attached hydrogen (secondary N) is 5. The van der Waals surface area contributed by atoms with Gasteiger partial charge in [0.05, 0.1) is 0 Å². The Labute approximate surface area is 392 Å². The third-order valence-electron chi connectivity index (χ3n) is 11.3. The van der Waals surface area contributed by atoms with Crippen molar-refractivity contribution in [3.05, 3.63) is 191 Å². The molecule has 0 saturated carbocycles. The molecule has 5 amide bonds. The third kappa shape index (κ3) is 13.4. The van der Waals surface area contributed by atoms with E-state index in [9.17, 15) is 33.9 Å². The second-order valence-electron chi connectivity index (χ2n) is 16.2. The van der Waals surface area contributed by atoms with Crippen LogP contribution in [0.4, 0.5) is 0 Å². The van der Waals surface area contributed by atoms with Gasteiger partial charge in [0.25, 0.3) is 5.91 Å². The summed E-state index contributed by atoms with van der Waals surface area (Å²) in [5.74, 6) is -4.47. The van der Waals surface area contributed by atoms with Crippen LogP contribution in [0.3, 0.4) is 0 Å². The van der Waals surface area contributed by atoms with Crippen molar-refractivity contribution in [2.75, 3.05) is 6.61 Å². The number of rotatable bonds is 13. The number of carboxylic acid groups (broad SMARTS) is 1. The second-order valence-corrected chi connectivity index (χ2v) is 17.2. The van der Waals surface area contributed by atoms with Crippen molar-refractivity contribution in [1.29, 1.82) is 0 Å². The van der Waals surface area contributed by atoms with E-state index in [1.807, 2.05) is 90.3 Å². The van der Waals surface area contributed by atoms with E-state index < -0.39 is 72.3 Å². The Morgan fingerprint density at radius 1 is 0.672 bits per heavy atom. The van der Waals surface area contributed by atoms with Crippen LogP contribution in [-0.2, 0) is 54.5 Å². The highest BCUT2D eigenvalue weighted by Crippen LogP contribution is 2.24. The Balaban J connectivity index is 1.23. The van der Waals surface area contributed by atoms with Gasteiger partial charge in [0.15, 0.2) is 6.61 Å². The molecule has 0 spiro atoms. The van der Waals surface area contributed by atoms with Crippen molar-refractivity contribution < 1.29 is 38.6 Å². The van der Waals surface area contributed by atoms with Crippen LogP contribution in [0.15, 0.2) is 164 Å². The molecule has 0 aliphatic carbocycles. The van der Waals surface area contributed by atoms with E-state index in [1.54, 1.807) is 66.7 Å². The van der Waals surface area contributed by atoms with Gasteiger partial charge in [-0.05, 0) is 75.4 Å². The zero-order valence-corrected chi connectivity index (χ0v) is 37.4. The van der Waals surface area contributed by atoms with Crippen molar-refractivity contribution in [3.63, 3.8) is 0 Å². The monoisotopic (exact) mass is 917 g/mol. The van der Waals surface area contributed by atoms with Gasteiger partial charge in [-0.1, -0.05) is 140 Å². The van der Waals surface area contributed by atoms with Gasteiger partial charge in [-0.15, -0.1) is 11.3 Å². The molecule has 14 heteroatoms. The maximum absolute atomic E-state index is 14.7. The Bertz CT molecular complexity index is 2650. The molecule has 8 rings (SSSR count). The molecule has 6 N–H and O–H groups in total. The average molecular weight is 918 g/mol. The molecule has 2 aliphatic heterocycles. The number of hydrogen-bond acceptors (Lipinski definition) is 8. The zero-order valence-electron chi connectivity index (χ0n) is 36.6. The summed E-state index contributed by atoms with van der Waals surface area (Å²) in [5.41, 5.74) is 5.07. The molecule has 342 valence electrons. The van der Waals surface area contributed by atoms with Crippen molar-refractivity contribution >= 4 is 52.4 Å². The summed E-state index contributed by atoms with van der Waals surface area (Å²) < 4.78 is 5.80. The largest absolute Gasteiger partial charge is 0.484 e.